The third-order valence-electron chi connectivity index (χ3n) is 3.40. The van der Waals surface area contributed by atoms with Gasteiger partial charge in [0.15, 0.2) is 5.78 Å². The zero-order chi connectivity index (χ0) is 16.3. The van der Waals surface area contributed by atoms with E-state index in [1.165, 1.54) is 6.92 Å². The highest BCUT2D eigenvalue weighted by Crippen LogP contribution is 2.34. The van der Waals surface area contributed by atoms with E-state index in [-0.39, 0.29) is 23.9 Å². The molecule has 1 fully saturated rings. The van der Waals surface area contributed by atoms with Crippen LogP contribution in [0.15, 0.2) is 0 Å². The molecular formula is C15H19NO5S. The molecule has 1 saturated heterocycles. The fourth-order valence-electron chi connectivity index (χ4n) is 2.36. The molecule has 1 N–H and O–H groups in total. The molecule has 0 spiro atoms. The quantitative estimate of drug-likeness (QED) is 0.664. The predicted octanol–water partition coefficient (Wildman–Crippen LogP) is 2.55. The van der Waals surface area contributed by atoms with Gasteiger partial charge < -0.3 is 14.8 Å². The molecule has 120 valence electrons. The second-order valence-electron chi connectivity index (χ2n) is 5.03. The second kappa shape index (κ2) is 7.02. The first-order valence-corrected chi connectivity index (χ1v) is 8.01. The molecule has 1 atom stereocenters. The van der Waals surface area contributed by atoms with Crippen LogP contribution in [0.3, 0.4) is 0 Å². The summed E-state index contributed by atoms with van der Waals surface area (Å²) in [6.07, 6.45) is 0.994. The summed E-state index contributed by atoms with van der Waals surface area (Å²) in [4.78, 5) is 36.4. The number of rotatable bonds is 5. The van der Waals surface area contributed by atoms with E-state index >= 15 is 0 Å². The molecule has 1 aliphatic heterocycles. The normalized spacial score (nSPS) is 17.3. The molecule has 22 heavy (non-hydrogen) atoms. The molecule has 6 nitrogen and oxygen atoms in total. The van der Waals surface area contributed by atoms with Gasteiger partial charge >= 0.3 is 5.97 Å². The second-order valence-corrected chi connectivity index (χ2v) is 6.05. The molecule has 0 unspecified atom stereocenters. The number of hydrogen-bond donors (Lipinski definition) is 1. The van der Waals surface area contributed by atoms with Crippen molar-refractivity contribution in [3.63, 3.8) is 0 Å². The van der Waals surface area contributed by atoms with Gasteiger partial charge in [-0.05, 0) is 39.2 Å². The van der Waals surface area contributed by atoms with E-state index in [2.05, 4.69) is 5.32 Å². The van der Waals surface area contributed by atoms with E-state index in [0.717, 1.165) is 17.8 Å². The third-order valence-corrected chi connectivity index (χ3v) is 4.71. The molecule has 1 aromatic rings. The summed E-state index contributed by atoms with van der Waals surface area (Å²) >= 11 is 1.10. The summed E-state index contributed by atoms with van der Waals surface area (Å²) < 4.78 is 10.4. The van der Waals surface area contributed by atoms with Crippen molar-refractivity contribution in [3.05, 3.63) is 16.0 Å². The van der Waals surface area contributed by atoms with Crippen LogP contribution in [0, 0.1) is 6.92 Å². The number of ketones is 1. The van der Waals surface area contributed by atoms with Crippen LogP contribution in [0.4, 0.5) is 5.00 Å². The molecule has 0 aromatic carbocycles. The van der Waals surface area contributed by atoms with Crippen molar-refractivity contribution in [2.75, 3.05) is 18.5 Å². The topological polar surface area (TPSA) is 81.7 Å². The van der Waals surface area contributed by atoms with Gasteiger partial charge in [-0.2, -0.15) is 0 Å². The first-order chi connectivity index (χ1) is 10.5. The lowest BCUT2D eigenvalue weighted by atomic mass is 10.1. The fourth-order valence-corrected chi connectivity index (χ4v) is 3.46. The largest absolute Gasteiger partial charge is 0.462 e. The summed E-state index contributed by atoms with van der Waals surface area (Å²) in [5.74, 6) is -0.976. The minimum Gasteiger partial charge on any atom is -0.462 e. The van der Waals surface area contributed by atoms with E-state index in [9.17, 15) is 14.4 Å². The number of hydrogen-bond acceptors (Lipinski definition) is 6. The van der Waals surface area contributed by atoms with E-state index in [1.54, 1.807) is 13.8 Å². The average Bonchev–Trinajstić information content (AvgIpc) is 3.07. The van der Waals surface area contributed by atoms with Crippen LogP contribution in [0.25, 0.3) is 0 Å². The van der Waals surface area contributed by atoms with Crippen molar-refractivity contribution >= 4 is 34.0 Å². The number of ether oxygens (including phenoxy) is 2. The van der Waals surface area contributed by atoms with Crippen LogP contribution >= 0.6 is 11.3 Å². The average molecular weight is 325 g/mol. The third kappa shape index (κ3) is 3.36. The Balaban J connectivity index is 2.31. The summed E-state index contributed by atoms with van der Waals surface area (Å²) in [5.41, 5.74) is 0.794. The zero-order valence-electron chi connectivity index (χ0n) is 12.9. The van der Waals surface area contributed by atoms with Crippen molar-refractivity contribution in [2.24, 2.45) is 0 Å². The Kier molecular flexibility index (Phi) is 5.31. The number of Topliss-reactive ketones (excluding diaryl/α,β-unsaturated/α-hetero) is 1. The number of nitrogens with one attached hydrogen (secondary N) is 1. The molecule has 2 rings (SSSR count). The minimum atomic E-state index is -0.536. The number of carbonyl (C=O) groups excluding carboxylic acids is 3. The molecule has 7 heteroatoms. The van der Waals surface area contributed by atoms with Gasteiger partial charge in [0.2, 0.25) is 0 Å². The molecule has 0 saturated carbocycles. The van der Waals surface area contributed by atoms with E-state index < -0.39 is 12.1 Å². The lowest BCUT2D eigenvalue weighted by molar-refractivity contribution is -0.124. The number of amides is 1. The van der Waals surface area contributed by atoms with Gasteiger partial charge in [0, 0.05) is 6.61 Å². The van der Waals surface area contributed by atoms with Crippen LogP contribution in [0.2, 0.25) is 0 Å². The Morgan fingerprint density at radius 3 is 2.68 bits per heavy atom. The highest BCUT2D eigenvalue weighted by Gasteiger charge is 2.29. The first-order valence-electron chi connectivity index (χ1n) is 7.19. The van der Waals surface area contributed by atoms with Gasteiger partial charge in [-0.3, -0.25) is 9.59 Å². The lowest BCUT2D eigenvalue weighted by Gasteiger charge is -2.10. The van der Waals surface area contributed by atoms with Crippen LogP contribution < -0.4 is 5.32 Å². The van der Waals surface area contributed by atoms with E-state index in [4.69, 9.17) is 9.47 Å². The lowest BCUT2D eigenvalue weighted by Crippen LogP contribution is -2.27. The molecule has 1 aliphatic rings. The summed E-state index contributed by atoms with van der Waals surface area (Å²) in [5, 5.41) is 3.06. The fraction of sp³-hybridized carbons (Fsp3) is 0.533. The Morgan fingerprint density at radius 1 is 1.41 bits per heavy atom. The number of anilines is 1. The highest BCUT2D eigenvalue weighted by molar-refractivity contribution is 7.18. The van der Waals surface area contributed by atoms with Crippen molar-refractivity contribution in [2.45, 2.75) is 39.7 Å². The van der Waals surface area contributed by atoms with Crippen LogP contribution in [0.5, 0.6) is 0 Å². The zero-order valence-corrected chi connectivity index (χ0v) is 13.7. The summed E-state index contributed by atoms with van der Waals surface area (Å²) in [6.45, 7) is 5.60. The minimum absolute atomic E-state index is 0.148. The van der Waals surface area contributed by atoms with Crippen LogP contribution in [-0.4, -0.2) is 37.0 Å². The van der Waals surface area contributed by atoms with Gasteiger partial charge in [-0.1, -0.05) is 0 Å². The van der Waals surface area contributed by atoms with Gasteiger partial charge in [-0.25, -0.2) is 4.79 Å². The molecule has 2 heterocycles. The standard InChI is InChI=1S/C15H19NO5S/c1-4-20-15(19)11-8(2)12(9(3)17)22-14(11)16-13(18)10-6-5-7-21-10/h10H,4-7H2,1-3H3,(H,16,18)/t10-/m0/s1. The molecule has 0 radical (unpaired) electrons. The first kappa shape index (κ1) is 16.6. The predicted molar refractivity (Wildman–Crippen MR) is 82.6 cm³/mol. The number of carbonyl (C=O) groups is 3. The maximum absolute atomic E-state index is 12.2. The Bertz CT molecular complexity index is 601. The number of thiophene rings is 1. The highest BCUT2D eigenvalue weighted by atomic mass is 32.1. The van der Waals surface area contributed by atoms with Crippen LogP contribution in [-0.2, 0) is 14.3 Å². The number of esters is 1. The van der Waals surface area contributed by atoms with Crippen molar-refractivity contribution in [3.8, 4) is 0 Å². The van der Waals surface area contributed by atoms with Crippen molar-refractivity contribution in [1.82, 2.24) is 0 Å². The van der Waals surface area contributed by atoms with Gasteiger partial charge in [0.25, 0.3) is 5.91 Å². The SMILES string of the molecule is CCOC(=O)c1c(NC(=O)[C@@H]2CCCO2)sc(C(C)=O)c1C. The van der Waals surface area contributed by atoms with Gasteiger partial charge in [0.05, 0.1) is 17.0 Å². The smallest absolute Gasteiger partial charge is 0.341 e. The Labute approximate surface area is 132 Å². The maximum Gasteiger partial charge on any atom is 0.341 e. The van der Waals surface area contributed by atoms with Crippen molar-refractivity contribution in [1.29, 1.82) is 0 Å². The van der Waals surface area contributed by atoms with Gasteiger partial charge in [-0.15, -0.1) is 11.3 Å². The Hall–Kier alpha value is -1.73. The maximum atomic E-state index is 12.2. The van der Waals surface area contributed by atoms with E-state index in [0.29, 0.717) is 28.5 Å². The van der Waals surface area contributed by atoms with Crippen LogP contribution in [0.1, 0.15) is 52.3 Å². The monoisotopic (exact) mass is 325 g/mol. The summed E-state index contributed by atoms with van der Waals surface area (Å²) in [6, 6.07) is 0. The molecule has 1 amide bonds. The van der Waals surface area contributed by atoms with Gasteiger partial charge in [0.1, 0.15) is 11.1 Å². The Morgan fingerprint density at radius 2 is 2.14 bits per heavy atom. The molecule has 1 aromatic heterocycles. The summed E-state index contributed by atoms with van der Waals surface area (Å²) in [7, 11) is 0. The van der Waals surface area contributed by atoms with Crippen molar-refractivity contribution < 1.29 is 23.9 Å². The molecule has 0 bridgehead atoms. The molecular weight excluding hydrogens is 306 g/mol. The molecule has 0 aliphatic carbocycles. The van der Waals surface area contributed by atoms with E-state index in [1.807, 2.05) is 0 Å².